The lowest BCUT2D eigenvalue weighted by Gasteiger charge is -2.37. The second kappa shape index (κ2) is 8.46. The molecule has 1 saturated carbocycles. The van der Waals surface area contributed by atoms with Crippen molar-refractivity contribution in [2.24, 2.45) is 5.41 Å². The molecule has 1 aromatic carbocycles. The lowest BCUT2D eigenvalue weighted by molar-refractivity contribution is 0.0783. The van der Waals surface area contributed by atoms with E-state index in [1.54, 1.807) is 29.3 Å². The molecule has 0 aliphatic heterocycles. The molecule has 0 saturated heterocycles. The van der Waals surface area contributed by atoms with Crippen molar-refractivity contribution in [2.75, 3.05) is 6.61 Å². The van der Waals surface area contributed by atoms with E-state index in [0.717, 1.165) is 29.8 Å². The largest absolute Gasteiger partial charge is 0.394 e. The van der Waals surface area contributed by atoms with Crippen molar-refractivity contribution in [1.29, 1.82) is 0 Å². The molecular weight excluding hydrogens is 478 g/mol. The number of fused-ring (bicyclic) bond motifs is 5. The monoisotopic (exact) mass is 504 g/mol. The van der Waals surface area contributed by atoms with Crippen molar-refractivity contribution in [3.8, 4) is 22.6 Å². The summed E-state index contributed by atoms with van der Waals surface area (Å²) in [5.41, 5.74) is 2.46. The highest BCUT2D eigenvalue weighted by atomic mass is 19.1. The molecule has 2 aliphatic rings. The first-order valence-electron chi connectivity index (χ1n) is 12.2. The summed E-state index contributed by atoms with van der Waals surface area (Å²) in [6, 6.07) is 7.46. The number of halogens is 2. The molecule has 2 aliphatic carbocycles. The van der Waals surface area contributed by atoms with Crippen LogP contribution in [-0.2, 0) is 12.0 Å². The van der Waals surface area contributed by atoms with Crippen LogP contribution in [0, 0.1) is 17.0 Å². The standard InChI is InChI=1S/C27H26F2N6O2/c1-26(2)18-6-8-27(26,24-17(18)10-21(33-34-24)23-19(28)4-3-5-20(23)29)22-7-9-30-25(32-22)15-11-31-35(12-15)13-16(37)14-36/h3-5,7,9-12,16,18,36-37H,6,8,13-14H2,1-2H3/t16?,18-,27+/m0/s1. The molecule has 4 aromatic rings. The lowest BCUT2D eigenvalue weighted by atomic mass is 9.66. The van der Waals surface area contributed by atoms with Crippen molar-refractivity contribution in [3.63, 3.8) is 0 Å². The highest BCUT2D eigenvalue weighted by Gasteiger charge is 2.65. The van der Waals surface area contributed by atoms with Gasteiger partial charge in [-0.2, -0.15) is 10.2 Å². The van der Waals surface area contributed by atoms with Crippen molar-refractivity contribution >= 4 is 0 Å². The van der Waals surface area contributed by atoms with E-state index in [-0.39, 0.29) is 35.7 Å². The Morgan fingerprint density at radius 2 is 1.95 bits per heavy atom. The third-order valence-corrected chi connectivity index (χ3v) is 8.19. The summed E-state index contributed by atoms with van der Waals surface area (Å²) in [5, 5.41) is 32.0. The van der Waals surface area contributed by atoms with Crippen LogP contribution >= 0.6 is 0 Å². The van der Waals surface area contributed by atoms with Crippen LogP contribution in [0.4, 0.5) is 8.78 Å². The van der Waals surface area contributed by atoms with Gasteiger partial charge in [-0.25, -0.2) is 18.7 Å². The van der Waals surface area contributed by atoms with E-state index in [4.69, 9.17) is 10.1 Å². The van der Waals surface area contributed by atoms with Gasteiger partial charge in [-0.3, -0.25) is 4.68 Å². The highest BCUT2D eigenvalue weighted by molar-refractivity contribution is 5.64. The molecule has 0 spiro atoms. The van der Waals surface area contributed by atoms with Crippen molar-refractivity contribution < 1.29 is 19.0 Å². The maximum atomic E-state index is 14.5. The Hall–Kier alpha value is -3.63. The molecule has 10 heteroatoms. The number of aliphatic hydroxyl groups excluding tert-OH is 2. The number of aromatic nitrogens is 6. The summed E-state index contributed by atoms with van der Waals surface area (Å²) in [5.74, 6) is -0.715. The zero-order valence-electron chi connectivity index (χ0n) is 20.4. The molecular formula is C27H26F2N6O2. The number of aliphatic hydroxyl groups is 2. The number of benzene rings is 1. The normalized spacial score (nSPS) is 22.3. The van der Waals surface area contributed by atoms with E-state index in [2.05, 4.69) is 34.1 Å². The van der Waals surface area contributed by atoms with Gasteiger partial charge in [-0.15, -0.1) is 5.10 Å². The van der Waals surface area contributed by atoms with Gasteiger partial charge in [0.25, 0.3) is 0 Å². The molecule has 37 heavy (non-hydrogen) atoms. The van der Waals surface area contributed by atoms with Crippen molar-refractivity contribution in [3.05, 3.63) is 77.5 Å². The van der Waals surface area contributed by atoms with E-state index >= 15 is 0 Å². The van der Waals surface area contributed by atoms with E-state index in [9.17, 15) is 13.9 Å². The zero-order valence-corrected chi connectivity index (χ0v) is 20.4. The Morgan fingerprint density at radius 3 is 2.70 bits per heavy atom. The maximum Gasteiger partial charge on any atom is 0.162 e. The Labute approximate surface area is 212 Å². The third kappa shape index (κ3) is 3.42. The Balaban J connectivity index is 1.43. The van der Waals surface area contributed by atoms with Gasteiger partial charge in [-0.1, -0.05) is 19.9 Å². The fraction of sp³-hybridized carbons (Fsp3) is 0.370. The van der Waals surface area contributed by atoms with Gasteiger partial charge in [-0.05, 0) is 54.0 Å². The van der Waals surface area contributed by atoms with Gasteiger partial charge in [0.15, 0.2) is 5.82 Å². The Kier molecular flexibility index (Phi) is 5.43. The molecule has 0 amide bonds. The third-order valence-electron chi connectivity index (χ3n) is 8.19. The van der Waals surface area contributed by atoms with Crippen LogP contribution < -0.4 is 0 Å². The molecule has 0 radical (unpaired) electrons. The molecule has 3 atom stereocenters. The zero-order chi connectivity index (χ0) is 25.9. The van der Waals surface area contributed by atoms with E-state index < -0.39 is 23.2 Å². The SMILES string of the molecule is CC1(C)[C@H]2CC[C@@]1(c1ccnc(-c3cnn(CC(O)CO)c3)n1)c1nnc(-c3c(F)cccc3F)cc12. The second-order valence-corrected chi connectivity index (χ2v) is 10.4. The topological polar surface area (TPSA) is 110 Å². The fourth-order valence-corrected chi connectivity index (χ4v) is 6.34. The summed E-state index contributed by atoms with van der Waals surface area (Å²) in [6.45, 7) is 4.17. The molecule has 2 bridgehead atoms. The second-order valence-electron chi connectivity index (χ2n) is 10.4. The van der Waals surface area contributed by atoms with Gasteiger partial charge in [0.2, 0.25) is 0 Å². The van der Waals surface area contributed by atoms with Gasteiger partial charge >= 0.3 is 0 Å². The van der Waals surface area contributed by atoms with Crippen molar-refractivity contribution in [1.82, 2.24) is 29.9 Å². The number of hydrogen-bond donors (Lipinski definition) is 2. The summed E-state index contributed by atoms with van der Waals surface area (Å²) in [4.78, 5) is 9.40. The quantitative estimate of drug-likeness (QED) is 0.413. The van der Waals surface area contributed by atoms with Crippen LogP contribution in [-0.4, -0.2) is 52.9 Å². The van der Waals surface area contributed by atoms with Crippen LogP contribution in [0.15, 0.2) is 48.9 Å². The predicted octanol–water partition coefficient (Wildman–Crippen LogP) is 3.63. The van der Waals surface area contributed by atoms with E-state index in [0.29, 0.717) is 11.4 Å². The average Bonchev–Trinajstić information content (AvgIpc) is 3.51. The van der Waals surface area contributed by atoms with Gasteiger partial charge in [0.05, 0.1) is 59.1 Å². The van der Waals surface area contributed by atoms with Crippen LogP contribution in [0.1, 0.15) is 49.6 Å². The van der Waals surface area contributed by atoms with Gasteiger partial charge in [0.1, 0.15) is 11.6 Å². The average molecular weight is 505 g/mol. The van der Waals surface area contributed by atoms with Crippen LogP contribution in [0.3, 0.4) is 0 Å². The molecule has 190 valence electrons. The molecule has 3 heterocycles. The molecule has 1 unspecified atom stereocenters. The molecule has 6 rings (SSSR count). The maximum absolute atomic E-state index is 14.5. The molecule has 2 N–H and O–H groups in total. The van der Waals surface area contributed by atoms with E-state index in [1.807, 2.05) is 6.07 Å². The minimum absolute atomic E-state index is 0.132. The smallest absolute Gasteiger partial charge is 0.162 e. The first kappa shape index (κ1) is 23.7. The van der Waals surface area contributed by atoms with Crippen LogP contribution in [0.2, 0.25) is 0 Å². The predicted molar refractivity (Wildman–Crippen MR) is 130 cm³/mol. The Morgan fingerprint density at radius 1 is 1.16 bits per heavy atom. The summed E-state index contributed by atoms with van der Waals surface area (Å²) in [6.07, 6.45) is 5.87. The van der Waals surface area contributed by atoms with Gasteiger partial charge in [0, 0.05) is 12.4 Å². The molecule has 3 aromatic heterocycles. The minimum atomic E-state index is -0.911. The number of hydrogen-bond acceptors (Lipinski definition) is 7. The first-order chi connectivity index (χ1) is 17.8. The lowest BCUT2D eigenvalue weighted by Crippen LogP contribution is -2.38. The first-order valence-corrected chi connectivity index (χ1v) is 12.2. The summed E-state index contributed by atoms with van der Waals surface area (Å²) < 4.78 is 30.6. The van der Waals surface area contributed by atoms with E-state index in [1.165, 1.54) is 18.2 Å². The molecule has 1 fully saturated rings. The van der Waals surface area contributed by atoms with Crippen LogP contribution in [0.25, 0.3) is 22.6 Å². The molecule has 8 nitrogen and oxygen atoms in total. The summed E-state index contributed by atoms with van der Waals surface area (Å²) in [7, 11) is 0. The van der Waals surface area contributed by atoms with Crippen molar-refractivity contribution in [2.45, 2.75) is 50.7 Å². The van der Waals surface area contributed by atoms with Crippen LogP contribution in [0.5, 0.6) is 0 Å². The minimum Gasteiger partial charge on any atom is -0.394 e. The summed E-state index contributed by atoms with van der Waals surface area (Å²) >= 11 is 0. The highest BCUT2D eigenvalue weighted by Crippen LogP contribution is 2.69. The number of nitrogens with zero attached hydrogens (tertiary/aromatic N) is 6. The fourth-order valence-electron chi connectivity index (χ4n) is 6.34. The Bertz CT molecular complexity index is 1490. The number of rotatable bonds is 6. The van der Waals surface area contributed by atoms with Gasteiger partial charge < -0.3 is 10.2 Å².